The zero-order chi connectivity index (χ0) is 16.1. The third kappa shape index (κ3) is 4.24. The number of nitrogens with one attached hydrogen (secondary N) is 1. The number of carbonyl (C=O) groups is 1. The molecule has 0 aliphatic rings. The lowest BCUT2D eigenvalue weighted by Crippen LogP contribution is -2.16. The SMILES string of the molecule is Cc1cccc(C(C)C)c1NC(=O)CSc1ncccc1Cl. The van der Waals surface area contributed by atoms with Crippen LogP contribution in [0.3, 0.4) is 0 Å². The van der Waals surface area contributed by atoms with Crippen molar-refractivity contribution in [3.63, 3.8) is 0 Å². The lowest BCUT2D eigenvalue weighted by molar-refractivity contribution is -0.113. The molecule has 1 amide bonds. The summed E-state index contributed by atoms with van der Waals surface area (Å²) in [5.74, 6) is 0.582. The molecule has 0 spiro atoms. The summed E-state index contributed by atoms with van der Waals surface area (Å²) < 4.78 is 0. The maximum atomic E-state index is 12.2. The number of aromatic nitrogens is 1. The molecule has 1 aromatic carbocycles. The van der Waals surface area contributed by atoms with Gasteiger partial charge in [0.25, 0.3) is 0 Å². The minimum atomic E-state index is -0.0529. The average Bonchev–Trinajstić information content (AvgIpc) is 2.48. The van der Waals surface area contributed by atoms with Gasteiger partial charge in [0.2, 0.25) is 5.91 Å². The Kier molecular flexibility index (Phi) is 5.86. The number of amides is 1. The van der Waals surface area contributed by atoms with Crippen molar-refractivity contribution in [1.29, 1.82) is 0 Å². The maximum Gasteiger partial charge on any atom is 0.234 e. The molecule has 2 rings (SSSR count). The molecular weight excluding hydrogens is 316 g/mol. The van der Waals surface area contributed by atoms with Gasteiger partial charge in [-0.05, 0) is 36.1 Å². The first-order valence-corrected chi connectivity index (χ1v) is 8.48. The number of halogens is 1. The fourth-order valence-electron chi connectivity index (χ4n) is 2.13. The number of carbonyl (C=O) groups excluding carboxylic acids is 1. The van der Waals surface area contributed by atoms with Gasteiger partial charge in [-0.15, -0.1) is 0 Å². The third-order valence-corrected chi connectivity index (χ3v) is 4.68. The van der Waals surface area contributed by atoms with Gasteiger partial charge in [-0.25, -0.2) is 4.98 Å². The molecule has 0 aliphatic carbocycles. The number of rotatable bonds is 5. The van der Waals surface area contributed by atoms with Crippen molar-refractivity contribution in [2.45, 2.75) is 31.7 Å². The predicted molar refractivity (Wildman–Crippen MR) is 93.9 cm³/mol. The second kappa shape index (κ2) is 7.65. The summed E-state index contributed by atoms with van der Waals surface area (Å²) >= 11 is 7.38. The van der Waals surface area contributed by atoms with E-state index in [1.165, 1.54) is 11.8 Å². The van der Waals surface area contributed by atoms with Crippen LogP contribution in [-0.4, -0.2) is 16.6 Å². The Labute approximate surface area is 140 Å². The number of nitrogens with zero attached hydrogens (tertiary/aromatic N) is 1. The summed E-state index contributed by atoms with van der Waals surface area (Å²) in [6.07, 6.45) is 1.67. The molecule has 0 saturated carbocycles. The van der Waals surface area contributed by atoms with Gasteiger partial charge in [0.1, 0.15) is 5.03 Å². The smallest absolute Gasteiger partial charge is 0.234 e. The number of anilines is 1. The van der Waals surface area contributed by atoms with Crippen molar-refractivity contribution in [2.75, 3.05) is 11.1 Å². The van der Waals surface area contributed by atoms with Gasteiger partial charge in [0.05, 0.1) is 10.8 Å². The highest BCUT2D eigenvalue weighted by atomic mass is 35.5. The second-order valence-electron chi connectivity index (χ2n) is 5.32. The minimum absolute atomic E-state index is 0.0529. The molecule has 0 bridgehead atoms. The standard InChI is InChI=1S/C17H19ClN2OS/c1-11(2)13-7-4-6-12(3)16(13)20-15(21)10-22-17-14(18)8-5-9-19-17/h4-9,11H,10H2,1-3H3,(H,20,21). The van der Waals surface area contributed by atoms with Crippen LogP contribution in [0.1, 0.15) is 30.9 Å². The fourth-order valence-corrected chi connectivity index (χ4v) is 3.10. The first kappa shape index (κ1) is 16.8. The van der Waals surface area contributed by atoms with Crippen LogP contribution in [0.25, 0.3) is 0 Å². The Morgan fingerprint density at radius 1 is 1.32 bits per heavy atom. The average molecular weight is 335 g/mol. The van der Waals surface area contributed by atoms with Crippen LogP contribution in [0, 0.1) is 6.92 Å². The molecule has 0 saturated heterocycles. The van der Waals surface area contributed by atoms with E-state index in [1.54, 1.807) is 18.3 Å². The highest BCUT2D eigenvalue weighted by molar-refractivity contribution is 8.00. The van der Waals surface area contributed by atoms with Crippen LogP contribution in [0.15, 0.2) is 41.6 Å². The van der Waals surface area contributed by atoms with E-state index < -0.39 is 0 Å². The molecule has 116 valence electrons. The van der Waals surface area contributed by atoms with Crippen LogP contribution in [0.2, 0.25) is 5.02 Å². The number of benzene rings is 1. The zero-order valence-corrected chi connectivity index (χ0v) is 14.5. The van der Waals surface area contributed by atoms with E-state index in [2.05, 4.69) is 30.2 Å². The summed E-state index contributed by atoms with van der Waals surface area (Å²) in [6, 6.07) is 9.62. The van der Waals surface area contributed by atoms with Gasteiger partial charge in [-0.1, -0.05) is 55.4 Å². The van der Waals surface area contributed by atoms with Crippen molar-refractivity contribution in [2.24, 2.45) is 0 Å². The van der Waals surface area contributed by atoms with E-state index in [4.69, 9.17) is 11.6 Å². The molecule has 2 aromatic rings. The van der Waals surface area contributed by atoms with E-state index in [-0.39, 0.29) is 11.7 Å². The molecule has 0 unspecified atom stereocenters. The maximum absolute atomic E-state index is 12.2. The summed E-state index contributed by atoms with van der Waals surface area (Å²) in [5, 5.41) is 4.26. The van der Waals surface area contributed by atoms with Gasteiger partial charge < -0.3 is 5.32 Å². The summed E-state index contributed by atoms with van der Waals surface area (Å²) in [6.45, 7) is 6.24. The van der Waals surface area contributed by atoms with Gasteiger partial charge >= 0.3 is 0 Å². The van der Waals surface area contributed by atoms with E-state index in [1.807, 2.05) is 19.1 Å². The number of hydrogen-bond donors (Lipinski definition) is 1. The van der Waals surface area contributed by atoms with Gasteiger partial charge in [-0.3, -0.25) is 4.79 Å². The van der Waals surface area contributed by atoms with Crippen LogP contribution >= 0.6 is 23.4 Å². The molecule has 22 heavy (non-hydrogen) atoms. The zero-order valence-electron chi connectivity index (χ0n) is 12.9. The van der Waals surface area contributed by atoms with Gasteiger partial charge in [0, 0.05) is 11.9 Å². The molecule has 1 N–H and O–H groups in total. The van der Waals surface area contributed by atoms with E-state index >= 15 is 0 Å². The monoisotopic (exact) mass is 334 g/mol. The first-order chi connectivity index (χ1) is 10.5. The van der Waals surface area contributed by atoms with Crippen molar-refractivity contribution in [3.8, 4) is 0 Å². The molecular formula is C17H19ClN2OS. The van der Waals surface area contributed by atoms with E-state index in [9.17, 15) is 4.79 Å². The molecule has 1 heterocycles. The lowest BCUT2D eigenvalue weighted by atomic mass is 9.98. The highest BCUT2D eigenvalue weighted by Gasteiger charge is 2.13. The predicted octanol–water partition coefficient (Wildman–Crippen LogP) is 4.90. The second-order valence-corrected chi connectivity index (χ2v) is 6.69. The Hall–Kier alpha value is -1.52. The molecule has 5 heteroatoms. The normalized spacial score (nSPS) is 10.8. The fraction of sp³-hybridized carbons (Fsp3) is 0.294. The van der Waals surface area contributed by atoms with Crippen LogP contribution in [-0.2, 0) is 4.79 Å². The van der Waals surface area contributed by atoms with Gasteiger partial charge in [-0.2, -0.15) is 0 Å². The summed E-state index contributed by atoms with van der Waals surface area (Å²) in [4.78, 5) is 16.4. The van der Waals surface area contributed by atoms with Crippen molar-refractivity contribution in [1.82, 2.24) is 4.98 Å². The van der Waals surface area contributed by atoms with Crippen LogP contribution in [0.5, 0.6) is 0 Å². The largest absolute Gasteiger partial charge is 0.325 e. The molecule has 1 aromatic heterocycles. The molecule has 3 nitrogen and oxygen atoms in total. The summed E-state index contributed by atoms with van der Waals surface area (Å²) in [7, 11) is 0. The van der Waals surface area contributed by atoms with E-state index in [0.717, 1.165) is 16.8 Å². The Morgan fingerprint density at radius 3 is 2.77 bits per heavy atom. The number of aryl methyl sites for hydroxylation is 1. The van der Waals surface area contributed by atoms with Crippen molar-refractivity contribution < 1.29 is 4.79 Å². The Morgan fingerprint density at radius 2 is 2.09 bits per heavy atom. The lowest BCUT2D eigenvalue weighted by Gasteiger charge is -2.16. The van der Waals surface area contributed by atoms with Gasteiger partial charge in [0.15, 0.2) is 0 Å². The Balaban J connectivity index is 2.05. The van der Waals surface area contributed by atoms with E-state index in [0.29, 0.717) is 16.0 Å². The molecule has 0 atom stereocenters. The molecule has 0 aliphatic heterocycles. The first-order valence-electron chi connectivity index (χ1n) is 7.11. The molecule has 0 fully saturated rings. The summed E-state index contributed by atoms with van der Waals surface area (Å²) in [5.41, 5.74) is 3.13. The van der Waals surface area contributed by atoms with Crippen molar-refractivity contribution in [3.05, 3.63) is 52.7 Å². The van der Waals surface area contributed by atoms with Crippen LogP contribution < -0.4 is 5.32 Å². The number of pyridine rings is 1. The topological polar surface area (TPSA) is 42.0 Å². The molecule has 0 radical (unpaired) electrons. The highest BCUT2D eigenvalue weighted by Crippen LogP contribution is 2.28. The number of para-hydroxylation sites is 1. The Bertz CT molecular complexity index is 673. The quantitative estimate of drug-likeness (QED) is 0.791. The van der Waals surface area contributed by atoms with Crippen molar-refractivity contribution >= 4 is 35.0 Å². The third-order valence-electron chi connectivity index (χ3n) is 3.26. The van der Waals surface area contributed by atoms with Crippen LogP contribution in [0.4, 0.5) is 5.69 Å². The number of hydrogen-bond acceptors (Lipinski definition) is 3. The number of thioether (sulfide) groups is 1. The minimum Gasteiger partial charge on any atom is -0.325 e.